The van der Waals surface area contributed by atoms with Crippen LogP contribution >= 0.6 is 0 Å². The number of rotatable bonds is 4. The molecule has 24 heavy (non-hydrogen) atoms. The maximum atomic E-state index is 11.5. The summed E-state index contributed by atoms with van der Waals surface area (Å²) in [5.41, 5.74) is 4.29. The van der Waals surface area contributed by atoms with E-state index in [2.05, 4.69) is 34.1 Å². The summed E-state index contributed by atoms with van der Waals surface area (Å²) in [6, 6.07) is 12.4. The van der Waals surface area contributed by atoms with Gasteiger partial charge in [0.15, 0.2) is 9.84 Å². The van der Waals surface area contributed by atoms with Crippen molar-refractivity contribution in [3.05, 3.63) is 48.2 Å². The molecule has 0 N–H and O–H groups in total. The Bertz CT molecular complexity index is 787. The molecule has 1 aromatic carbocycles. The third-order valence-corrected chi connectivity index (χ3v) is 5.94. The van der Waals surface area contributed by atoms with E-state index in [-0.39, 0.29) is 11.5 Å². The molecular formula is C18H23N3O2S. The summed E-state index contributed by atoms with van der Waals surface area (Å²) in [5, 5.41) is 0. The van der Waals surface area contributed by atoms with Crippen molar-refractivity contribution in [2.24, 2.45) is 0 Å². The van der Waals surface area contributed by atoms with Gasteiger partial charge in [0, 0.05) is 39.3 Å². The van der Waals surface area contributed by atoms with Crippen molar-refractivity contribution < 1.29 is 8.42 Å². The summed E-state index contributed by atoms with van der Waals surface area (Å²) in [7, 11) is 1.17. The summed E-state index contributed by atoms with van der Waals surface area (Å²) in [6.07, 6.45) is 1.87. The maximum Gasteiger partial charge on any atom is 0.152 e. The zero-order valence-electron chi connectivity index (χ0n) is 14.1. The molecule has 1 aliphatic heterocycles. The fourth-order valence-corrected chi connectivity index (χ4v) is 4.09. The lowest BCUT2D eigenvalue weighted by Gasteiger charge is -2.26. The van der Waals surface area contributed by atoms with Crippen LogP contribution in [0.5, 0.6) is 0 Å². The number of anilines is 1. The third-order valence-electron chi connectivity index (χ3n) is 4.33. The first kappa shape index (κ1) is 16.9. The average Bonchev–Trinajstić information content (AvgIpc) is 2.57. The van der Waals surface area contributed by atoms with Crippen molar-refractivity contribution >= 4 is 15.5 Å². The van der Waals surface area contributed by atoms with Crippen molar-refractivity contribution in [3.8, 4) is 11.3 Å². The SMILES string of the molecule is CN(C)c1ccc(-c2cccc(CN3CCS(=O)(=O)CC3)c2)nc1. The molecule has 5 nitrogen and oxygen atoms in total. The number of pyridine rings is 1. The molecular weight excluding hydrogens is 322 g/mol. The summed E-state index contributed by atoms with van der Waals surface area (Å²) in [5.74, 6) is 0.528. The molecule has 0 radical (unpaired) electrons. The van der Waals surface area contributed by atoms with Crippen LogP contribution in [0.2, 0.25) is 0 Å². The first-order chi connectivity index (χ1) is 11.4. The first-order valence-corrected chi connectivity index (χ1v) is 9.90. The highest BCUT2D eigenvalue weighted by molar-refractivity contribution is 7.91. The molecule has 1 saturated heterocycles. The highest BCUT2D eigenvalue weighted by Gasteiger charge is 2.21. The van der Waals surface area contributed by atoms with Gasteiger partial charge in [0.25, 0.3) is 0 Å². The van der Waals surface area contributed by atoms with Crippen LogP contribution in [0.25, 0.3) is 11.3 Å². The summed E-state index contributed by atoms with van der Waals surface area (Å²) < 4.78 is 23.0. The van der Waals surface area contributed by atoms with Crippen molar-refractivity contribution in [3.63, 3.8) is 0 Å². The van der Waals surface area contributed by atoms with Crippen molar-refractivity contribution in [2.45, 2.75) is 6.54 Å². The number of nitrogens with zero attached hydrogens (tertiary/aromatic N) is 3. The smallest absolute Gasteiger partial charge is 0.152 e. The quantitative estimate of drug-likeness (QED) is 0.849. The summed E-state index contributed by atoms with van der Waals surface area (Å²) >= 11 is 0. The summed E-state index contributed by atoms with van der Waals surface area (Å²) in [6.45, 7) is 2.00. The van der Waals surface area contributed by atoms with Crippen molar-refractivity contribution in [1.82, 2.24) is 9.88 Å². The Morgan fingerprint density at radius 2 is 1.88 bits per heavy atom. The maximum absolute atomic E-state index is 11.5. The molecule has 0 atom stereocenters. The largest absolute Gasteiger partial charge is 0.376 e. The molecule has 0 unspecified atom stereocenters. The van der Waals surface area contributed by atoms with Crippen LogP contribution in [0.1, 0.15) is 5.56 Å². The van der Waals surface area contributed by atoms with Crippen LogP contribution in [-0.4, -0.2) is 57.0 Å². The Hall–Kier alpha value is -1.92. The Balaban J connectivity index is 1.72. The summed E-state index contributed by atoms with van der Waals surface area (Å²) in [4.78, 5) is 8.77. The van der Waals surface area contributed by atoms with E-state index in [1.54, 1.807) is 0 Å². The molecule has 1 aliphatic rings. The molecule has 1 fully saturated rings. The monoisotopic (exact) mass is 345 g/mol. The van der Waals surface area contributed by atoms with Crippen LogP contribution in [0.4, 0.5) is 5.69 Å². The average molecular weight is 345 g/mol. The molecule has 6 heteroatoms. The van der Waals surface area contributed by atoms with Gasteiger partial charge < -0.3 is 4.90 Å². The predicted molar refractivity (Wildman–Crippen MR) is 97.9 cm³/mol. The molecule has 2 heterocycles. The fourth-order valence-electron chi connectivity index (χ4n) is 2.82. The van der Waals surface area contributed by atoms with Crippen molar-refractivity contribution in [1.29, 1.82) is 0 Å². The lowest BCUT2D eigenvalue weighted by Crippen LogP contribution is -2.39. The molecule has 0 spiro atoms. The van der Waals surface area contributed by atoms with Gasteiger partial charge in [-0.15, -0.1) is 0 Å². The standard InChI is InChI=1S/C18H23N3O2S/c1-20(2)17-6-7-18(19-13-17)16-5-3-4-15(12-16)14-21-8-10-24(22,23)11-9-21/h3-7,12-13H,8-11,14H2,1-2H3. The van der Waals surface area contributed by atoms with E-state index in [9.17, 15) is 8.42 Å². The molecule has 0 amide bonds. The second kappa shape index (κ2) is 6.91. The van der Waals surface area contributed by atoms with E-state index in [0.717, 1.165) is 23.5 Å². The van der Waals surface area contributed by atoms with Crippen LogP contribution < -0.4 is 4.90 Å². The van der Waals surface area contributed by atoms with E-state index in [0.29, 0.717) is 13.1 Å². The Morgan fingerprint density at radius 3 is 2.50 bits per heavy atom. The number of benzene rings is 1. The minimum atomic E-state index is -2.83. The predicted octanol–water partition coefficient (Wildman–Crippen LogP) is 2.04. The van der Waals surface area contributed by atoms with Crippen molar-refractivity contribution in [2.75, 3.05) is 43.6 Å². The number of sulfone groups is 1. The Kier molecular flexibility index (Phi) is 4.87. The molecule has 3 rings (SSSR count). The molecule has 2 aromatic rings. The zero-order valence-corrected chi connectivity index (χ0v) is 15.0. The second-order valence-corrected chi connectivity index (χ2v) is 8.73. The van der Waals surface area contributed by atoms with Crippen LogP contribution in [0, 0.1) is 0 Å². The fraction of sp³-hybridized carbons (Fsp3) is 0.389. The van der Waals surface area contributed by atoms with Crippen LogP contribution in [0.3, 0.4) is 0 Å². The Morgan fingerprint density at radius 1 is 1.12 bits per heavy atom. The molecule has 0 aliphatic carbocycles. The lowest BCUT2D eigenvalue weighted by atomic mass is 10.1. The Labute approximate surface area is 143 Å². The van der Waals surface area contributed by atoms with Gasteiger partial charge in [-0.05, 0) is 23.8 Å². The van der Waals surface area contributed by atoms with Gasteiger partial charge >= 0.3 is 0 Å². The number of aromatic nitrogens is 1. The minimum absolute atomic E-state index is 0.264. The zero-order chi connectivity index (χ0) is 17.2. The topological polar surface area (TPSA) is 53.5 Å². The highest BCUT2D eigenvalue weighted by atomic mass is 32.2. The van der Waals surface area contributed by atoms with Gasteiger partial charge in [-0.3, -0.25) is 9.88 Å². The number of hydrogen-bond donors (Lipinski definition) is 0. The van der Waals surface area contributed by atoms with E-state index in [1.165, 1.54) is 5.56 Å². The van der Waals surface area contributed by atoms with E-state index >= 15 is 0 Å². The van der Waals surface area contributed by atoms with Gasteiger partial charge in [-0.2, -0.15) is 0 Å². The van der Waals surface area contributed by atoms with Gasteiger partial charge in [-0.25, -0.2) is 8.42 Å². The van der Waals surface area contributed by atoms with Gasteiger partial charge in [0.2, 0.25) is 0 Å². The van der Waals surface area contributed by atoms with Gasteiger partial charge in [-0.1, -0.05) is 18.2 Å². The minimum Gasteiger partial charge on any atom is -0.376 e. The van der Waals surface area contributed by atoms with Gasteiger partial charge in [0.1, 0.15) is 0 Å². The normalized spacial score (nSPS) is 17.6. The number of hydrogen-bond acceptors (Lipinski definition) is 5. The molecule has 1 aromatic heterocycles. The van der Waals surface area contributed by atoms with E-state index < -0.39 is 9.84 Å². The molecule has 0 saturated carbocycles. The third kappa shape index (κ3) is 4.13. The lowest BCUT2D eigenvalue weighted by molar-refractivity contribution is 0.288. The van der Waals surface area contributed by atoms with Crippen LogP contribution in [0.15, 0.2) is 42.6 Å². The first-order valence-electron chi connectivity index (χ1n) is 8.08. The second-order valence-electron chi connectivity index (χ2n) is 6.42. The molecule has 0 bridgehead atoms. The molecule has 128 valence electrons. The van der Waals surface area contributed by atoms with E-state index in [1.807, 2.05) is 37.3 Å². The highest BCUT2D eigenvalue weighted by Crippen LogP contribution is 2.21. The van der Waals surface area contributed by atoms with Crippen LogP contribution in [-0.2, 0) is 16.4 Å². The van der Waals surface area contributed by atoms with E-state index in [4.69, 9.17) is 0 Å². The van der Waals surface area contributed by atoms with Gasteiger partial charge in [0.05, 0.1) is 29.1 Å².